The molecule has 104 valence electrons. The van der Waals surface area contributed by atoms with E-state index >= 15 is 0 Å². The Labute approximate surface area is 104 Å². The van der Waals surface area contributed by atoms with Crippen LogP contribution < -0.4 is 5.32 Å². The van der Waals surface area contributed by atoms with Gasteiger partial charge in [0.05, 0.1) is 13.2 Å². The molecule has 2 aliphatic rings. The summed E-state index contributed by atoms with van der Waals surface area (Å²) in [6.07, 6.45) is -2.24. The molecule has 0 atom stereocenters. The number of halogens is 3. The van der Waals surface area contributed by atoms with E-state index in [-0.39, 0.29) is 13.2 Å². The molecule has 2 fully saturated rings. The third kappa shape index (κ3) is 3.84. The van der Waals surface area contributed by atoms with Crippen LogP contribution in [-0.4, -0.2) is 61.3 Å². The van der Waals surface area contributed by atoms with E-state index in [9.17, 15) is 18.0 Å². The molecule has 0 saturated carbocycles. The molecule has 0 spiro atoms. The number of rotatable bonds is 3. The van der Waals surface area contributed by atoms with E-state index < -0.39 is 18.6 Å². The van der Waals surface area contributed by atoms with E-state index in [2.05, 4.69) is 5.32 Å². The Bertz CT molecular complexity index is 302. The van der Waals surface area contributed by atoms with Crippen molar-refractivity contribution in [2.24, 2.45) is 5.92 Å². The Morgan fingerprint density at radius 3 is 2.56 bits per heavy atom. The molecule has 7 heteroatoms. The predicted molar refractivity (Wildman–Crippen MR) is 59.8 cm³/mol. The van der Waals surface area contributed by atoms with Gasteiger partial charge >= 0.3 is 6.18 Å². The molecular weight excluding hydrogens is 247 g/mol. The zero-order chi connectivity index (χ0) is 13.2. The Balaban J connectivity index is 1.80. The molecule has 2 saturated heterocycles. The number of hydrogen-bond acceptors (Lipinski definition) is 3. The van der Waals surface area contributed by atoms with Crippen molar-refractivity contribution in [1.82, 2.24) is 15.1 Å². The van der Waals surface area contributed by atoms with Gasteiger partial charge in [0.1, 0.15) is 6.54 Å². The minimum atomic E-state index is -4.31. The zero-order valence-corrected chi connectivity index (χ0v) is 10.2. The van der Waals surface area contributed by atoms with Crippen LogP contribution in [0.4, 0.5) is 13.2 Å². The monoisotopic (exact) mass is 265 g/mol. The molecule has 0 radical (unpaired) electrons. The average Bonchev–Trinajstić information content (AvgIpc) is 2.58. The van der Waals surface area contributed by atoms with Crippen LogP contribution in [-0.2, 0) is 4.79 Å². The lowest BCUT2D eigenvalue weighted by atomic mass is 9.98. The van der Waals surface area contributed by atoms with Gasteiger partial charge in [-0.15, -0.1) is 0 Å². The fraction of sp³-hybridized carbons (Fsp3) is 0.909. The van der Waals surface area contributed by atoms with Crippen LogP contribution in [0.3, 0.4) is 0 Å². The first-order valence-corrected chi connectivity index (χ1v) is 6.21. The van der Waals surface area contributed by atoms with E-state index in [1.165, 1.54) is 0 Å². The maximum atomic E-state index is 12.2. The van der Waals surface area contributed by atoms with Gasteiger partial charge in [-0.2, -0.15) is 13.2 Å². The molecule has 0 aliphatic carbocycles. The van der Waals surface area contributed by atoms with Gasteiger partial charge in [-0.3, -0.25) is 9.69 Å². The van der Waals surface area contributed by atoms with Crippen molar-refractivity contribution < 1.29 is 18.0 Å². The van der Waals surface area contributed by atoms with E-state index in [1.54, 1.807) is 0 Å². The van der Waals surface area contributed by atoms with Crippen LogP contribution in [0.1, 0.15) is 12.8 Å². The molecule has 2 rings (SSSR count). The predicted octanol–water partition coefficient (Wildman–Crippen LogP) is 0.650. The lowest BCUT2D eigenvalue weighted by Gasteiger charge is -2.27. The first-order valence-electron chi connectivity index (χ1n) is 6.21. The van der Waals surface area contributed by atoms with Gasteiger partial charge < -0.3 is 10.2 Å². The van der Waals surface area contributed by atoms with Crippen LogP contribution in [0.15, 0.2) is 0 Å². The summed E-state index contributed by atoms with van der Waals surface area (Å²) in [4.78, 5) is 14.2. The Hall–Kier alpha value is -0.820. The van der Waals surface area contributed by atoms with Gasteiger partial charge in [-0.05, 0) is 31.8 Å². The van der Waals surface area contributed by atoms with Crippen LogP contribution in [0.2, 0.25) is 0 Å². The van der Waals surface area contributed by atoms with Crippen LogP contribution >= 0.6 is 0 Å². The van der Waals surface area contributed by atoms with Gasteiger partial charge in [-0.1, -0.05) is 0 Å². The summed E-state index contributed by atoms with van der Waals surface area (Å²) < 4.78 is 36.7. The Morgan fingerprint density at radius 1 is 1.28 bits per heavy atom. The minimum Gasteiger partial charge on any atom is -0.319 e. The van der Waals surface area contributed by atoms with Crippen molar-refractivity contribution >= 4 is 5.91 Å². The molecule has 0 aromatic carbocycles. The van der Waals surface area contributed by atoms with Gasteiger partial charge in [0.2, 0.25) is 5.91 Å². The third-order valence-corrected chi connectivity index (χ3v) is 3.43. The third-order valence-electron chi connectivity index (χ3n) is 3.43. The highest BCUT2D eigenvalue weighted by molar-refractivity contribution is 5.80. The summed E-state index contributed by atoms with van der Waals surface area (Å²) >= 11 is 0. The lowest BCUT2D eigenvalue weighted by Crippen LogP contribution is -2.38. The van der Waals surface area contributed by atoms with Crippen molar-refractivity contribution in [1.29, 1.82) is 0 Å². The van der Waals surface area contributed by atoms with Crippen molar-refractivity contribution in [2.75, 3.05) is 39.4 Å². The maximum Gasteiger partial charge on any atom is 0.406 e. The number of carbonyl (C=O) groups is 1. The quantitative estimate of drug-likeness (QED) is 0.814. The fourth-order valence-electron chi connectivity index (χ4n) is 2.57. The topological polar surface area (TPSA) is 35.6 Å². The number of carbonyl (C=O) groups excluding carboxylic acids is 1. The number of amides is 1. The number of piperidine rings is 1. The molecule has 0 aromatic rings. The summed E-state index contributed by atoms with van der Waals surface area (Å²) in [5, 5.41) is 3.24. The number of alkyl halides is 3. The van der Waals surface area contributed by atoms with Crippen molar-refractivity contribution in [3.05, 3.63) is 0 Å². The number of nitrogens with one attached hydrogen (secondary N) is 1. The van der Waals surface area contributed by atoms with Crippen LogP contribution in [0.5, 0.6) is 0 Å². The molecule has 2 heterocycles. The molecule has 2 aliphatic heterocycles. The second-order valence-electron chi connectivity index (χ2n) is 5.05. The largest absolute Gasteiger partial charge is 0.406 e. The normalized spacial score (nSPS) is 23.9. The maximum absolute atomic E-state index is 12.2. The van der Waals surface area contributed by atoms with Crippen molar-refractivity contribution in [3.63, 3.8) is 0 Å². The molecule has 0 unspecified atom stereocenters. The smallest absolute Gasteiger partial charge is 0.319 e. The molecule has 1 amide bonds. The minimum absolute atomic E-state index is 0.113. The first-order chi connectivity index (χ1) is 8.44. The highest BCUT2D eigenvalue weighted by Crippen LogP contribution is 2.21. The standard InChI is InChI=1S/C11H18F3N3O/c12-11(13,14)7-17-8-16(6-10(17)18)5-9-1-3-15-4-2-9/h9,15H,1-8H2. The van der Waals surface area contributed by atoms with Crippen LogP contribution in [0.25, 0.3) is 0 Å². The van der Waals surface area contributed by atoms with Crippen molar-refractivity contribution in [2.45, 2.75) is 19.0 Å². The van der Waals surface area contributed by atoms with Gasteiger partial charge in [0.15, 0.2) is 0 Å². The van der Waals surface area contributed by atoms with E-state index in [1.807, 2.05) is 4.90 Å². The summed E-state index contributed by atoms with van der Waals surface area (Å²) in [7, 11) is 0. The zero-order valence-electron chi connectivity index (χ0n) is 10.2. The fourth-order valence-corrected chi connectivity index (χ4v) is 2.57. The van der Waals surface area contributed by atoms with E-state index in [4.69, 9.17) is 0 Å². The van der Waals surface area contributed by atoms with Crippen LogP contribution in [0, 0.1) is 5.92 Å². The molecule has 0 aromatic heterocycles. The molecule has 18 heavy (non-hydrogen) atoms. The van der Waals surface area contributed by atoms with E-state index in [0.717, 1.165) is 37.4 Å². The molecule has 4 nitrogen and oxygen atoms in total. The number of hydrogen-bond donors (Lipinski definition) is 1. The molecule has 1 N–H and O–H groups in total. The summed E-state index contributed by atoms with van der Waals surface area (Å²) in [5.74, 6) is 0.0751. The average molecular weight is 265 g/mol. The Morgan fingerprint density at radius 2 is 1.94 bits per heavy atom. The second kappa shape index (κ2) is 5.44. The van der Waals surface area contributed by atoms with Gasteiger partial charge in [-0.25, -0.2) is 0 Å². The van der Waals surface area contributed by atoms with E-state index in [0.29, 0.717) is 5.92 Å². The Kier molecular flexibility index (Phi) is 4.11. The summed E-state index contributed by atoms with van der Waals surface area (Å²) in [6, 6.07) is 0. The van der Waals surface area contributed by atoms with Crippen molar-refractivity contribution in [3.8, 4) is 0 Å². The summed E-state index contributed by atoms with van der Waals surface area (Å²) in [6.45, 7) is 1.75. The lowest BCUT2D eigenvalue weighted by molar-refractivity contribution is -0.157. The SMILES string of the molecule is O=C1CN(CC2CCNCC2)CN1CC(F)(F)F. The molecule has 0 bridgehead atoms. The number of nitrogens with zero attached hydrogens (tertiary/aromatic N) is 2. The van der Waals surface area contributed by atoms with Gasteiger partial charge in [0.25, 0.3) is 0 Å². The highest BCUT2D eigenvalue weighted by atomic mass is 19.4. The summed E-state index contributed by atoms with van der Waals surface area (Å²) in [5.41, 5.74) is 0. The highest BCUT2D eigenvalue weighted by Gasteiger charge is 2.37. The van der Waals surface area contributed by atoms with Gasteiger partial charge in [0, 0.05) is 6.54 Å². The first kappa shape index (κ1) is 13.6. The second-order valence-corrected chi connectivity index (χ2v) is 5.05. The molecular formula is C11H18F3N3O.